The van der Waals surface area contributed by atoms with Gasteiger partial charge in [-0.25, -0.2) is 0 Å². The van der Waals surface area contributed by atoms with Crippen molar-refractivity contribution in [3.05, 3.63) is 23.8 Å². The second-order valence-electron chi connectivity index (χ2n) is 4.22. The monoisotopic (exact) mass is 267 g/mol. The summed E-state index contributed by atoms with van der Waals surface area (Å²) in [5, 5.41) is 12.0. The van der Waals surface area contributed by atoms with Gasteiger partial charge in [0.2, 0.25) is 0 Å². The van der Waals surface area contributed by atoms with Crippen molar-refractivity contribution in [2.45, 2.75) is 26.7 Å². The van der Waals surface area contributed by atoms with Gasteiger partial charge in [-0.2, -0.15) is 0 Å². The molecule has 0 radical (unpaired) electrons. The van der Waals surface area contributed by atoms with Crippen molar-refractivity contribution in [2.75, 3.05) is 32.9 Å². The standard InChI is InChI=1S/C15H25NO3/c1-3-18-14-7-6-13(12-15(14)19-4-2)8-10-16-9-5-11-17/h6-7,12,16-17H,3-5,8-11H2,1-2H3. The van der Waals surface area contributed by atoms with E-state index in [-0.39, 0.29) is 6.61 Å². The maximum Gasteiger partial charge on any atom is 0.161 e. The average Bonchev–Trinajstić information content (AvgIpc) is 2.42. The molecule has 1 aromatic rings. The second kappa shape index (κ2) is 9.64. The predicted molar refractivity (Wildman–Crippen MR) is 77.1 cm³/mol. The van der Waals surface area contributed by atoms with Crippen LogP contribution in [-0.2, 0) is 6.42 Å². The summed E-state index contributed by atoms with van der Waals surface area (Å²) in [6, 6.07) is 6.08. The number of benzene rings is 1. The molecule has 0 fully saturated rings. The molecule has 1 rings (SSSR count). The molecule has 0 amide bonds. The minimum Gasteiger partial charge on any atom is -0.490 e. The Morgan fingerprint density at radius 3 is 2.47 bits per heavy atom. The van der Waals surface area contributed by atoms with Gasteiger partial charge in [0.25, 0.3) is 0 Å². The van der Waals surface area contributed by atoms with Gasteiger partial charge < -0.3 is 19.9 Å². The van der Waals surface area contributed by atoms with Crippen LogP contribution >= 0.6 is 0 Å². The molecule has 0 saturated carbocycles. The van der Waals surface area contributed by atoms with Crippen LogP contribution in [0.25, 0.3) is 0 Å². The van der Waals surface area contributed by atoms with Crippen LogP contribution in [0.4, 0.5) is 0 Å². The van der Waals surface area contributed by atoms with E-state index in [1.807, 2.05) is 26.0 Å². The maximum absolute atomic E-state index is 8.69. The molecule has 0 unspecified atom stereocenters. The molecular weight excluding hydrogens is 242 g/mol. The third-order valence-electron chi connectivity index (χ3n) is 2.71. The molecule has 0 aliphatic carbocycles. The topological polar surface area (TPSA) is 50.7 Å². The zero-order chi connectivity index (χ0) is 13.9. The van der Waals surface area contributed by atoms with E-state index in [1.54, 1.807) is 0 Å². The Labute approximate surface area is 115 Å². The first-order valence-electron chi connectivity index (χ1n) is 7.01. The summed E-state index contributed by atoms with van der Waals surface area (Å²) in [5.74, 6) is 1.62. The van der Waals surface area contributed by atoms with Gasteiger partial charge in [0, 0.05) is 6.61 Å². The maximum atomic E-state index is 8.69. The lowest BCUT2D eigenvalue weighted by Crippen LogP contribution is -2.19. The molecule has 0 saturated heterocycles. The van der Waals surface area contributed by atoms with Crippen LogP contribution in [0.1, 0.15) is 25.8 Å². The van der Waals surface area contributed by atoms with Crippen molar-refractivity contribution >= 4 is 0 Å². The summed E-state index contributed by atoms with van der Waals surface area (Å²) >= 11 is 0. The van der Waals surface area contributed by atoms with Crippen molar-refractivity contribution in [2.24, 2.45) is 0 Å². The Morgan fingerprint density at radius 2 is 1.79 bits per heavy atom. The van der Waals surface area contributed by atoms with Crippen molar-refractivity contribution in [1.29, 1.82) is 0 Å². The van der Waals surface area contributed by atoms with E-state index in [0.717, 1.165) is 37.4 Å². The lowest BCUT2D eigenvalue weighted by atomic mass is 10.1. The molecule has 0 spiro atoms. The molecule has 0 atom stereocenters. The van der Waals surface area contributed by atoms with Crippen LogP contribution in [-0.4, -0.2) is 38.0 Å². The highest BCUT2D eigenvalue weighted by molar-refractivity contribution is 5.43. The van der Waals surface area contributed by atoms with Gasteiger partial charge in [-0.1, -0.05) is 6.07 Å². The first-order chi connectivity index (χ1) is 9.31. The number of nitrogens with one attached hydrogen (secondary N) is 1. The first kappa shape index (κ1) is 15.8. The quantitative estimate of drug-likeness (QED) is 0.637. The van der Waals surface area contributed by atoms with E-state index < -0.39 is 0 Å². The van der Waals surface area contributed by atoms with Gasteiger partial charge in [0.05, 0.1) is 13.2 Å². The van der Waals surface area contributed by atoms with Crippen molar-refractivity contribution < 1.29 is 14.6 Å². The molecule has 0 aliphatic heterocycles. The third-order valence-corrected chi connectivity index (χ3v) is 2.71. The molecule has 1 aromatic carbocycles. The molecular formula is C15H25NO3. The zero-order valence-electron chi connectivity index (χ0n) is 11.9. The lowest BCUT2D eigenvalue weighted by Gasteiger charge is -2.12. The van der Waals surface area contributed by atoms with Crippen LogP contribution in [0.2, 0.25) is 0 Å². The second-order valence-corrected chi connectivity index (χ2v) is 4.22. The van der Waals surface area contributed by atoms with Gasteiger partial charge in [0.15, 0.2) is 11.5 Å². The fourth-order valence-electron chi connectivity index (χ4n) is 1.81. The minimum atomic E-state index is 0.241. The molecule has 0 heterocycles. The summed E-state index contributed by atoms with van der Waals surface area (Å²) in [5.41, 5.74) is 1.23. The third kappa shape index (κ3) is 5.94. The minimum absolute atomic E-state index is 0.241. The Kier molecular flexibility index (Phi) is 8.02. The molecule has 2 N–H and O–H groups in total. The van der Waals surface area contributed by atoms with Crippen molar-refractivity contribution in [3.63, 3.8) is 0 Å². The molecule has 4 heteroatoms. The predicted octanol–water partition coefficient (Wildman–Crippen LogP) is 2.00. The number of aliphatic hydroxyl groups excluding tert-OH is 1. The van der Waals surface area contributed by atoms with E-state index in [4.69, 9.17) is 14.6 Å². The van der Waals surface area contributed by atoms with Gasteiger partial charge in [0.1, 0.15) is 0 Å². The highest BCUT2D eigenvalue weighted by Crippen LogP contribution is 2.28. The van der Waals surface area contributed by atoms with E-state index in [0.29, 0.717) is 13.2 Å². The summed E-state index contributed by atoms with van der Waals surface area (Å²) in [7, 11) is 0. The Morgan fingerprint density at radius 1 is 1.05 bits per heavy atom. The van der Waals surface area contributed by atoms with Gasteiger partial charge in [-0.05, 0) is 57.5 Å². The molecule has 0 aliphatic rings. The fraction of sp³-hybridized carbons (Fsp3) is 0.600. The average molecular weight is 267 g/mol. The lowest BCUT2D eigenvalue weighted by molar-refractivity contribution is 0.286. The fourth-order valence-corrected chi connectivity index (χ4v) is 1.81. The number of aliphatic hydroxyl groups is 1. The molecule has 0 aromatic heterocycles. The van der Waals surface area contributed by atoms with E-state index in [1.165, 1.54) is 5.56 Å². The SMILES string of the molecule is CCOc1ccc(CCNCCCO)cc1OCC. The van der Waals surface area contributed by atoms with Gasteiger partial charge in [-0.15, -0.1) is 0 Å². The van der Waals surface area contributed by atoms with E-state index >= 15 is 0 Å². The van der Waals surface area contributed by atoms with Crippen LogP contribution < -0.4 is 14.8 Å². The molecule has 108 valence electrons. The van der Waals surface area contributed by atoms with Crippen LogP contribution in [0.3, 0.4) is 0 Å². The van der Waals surface area contributed by atoms with Crippen molar-refractivity contribution in [3.8, 4) is 11.5 Å². The molecule has 4 nitrogen and oxygen atoms in total. The Hall–Kier alpha value is -1.26. The van der Waals surface area contributed by atoms with Gasteiger partial charge in [-0.3, -0.25) is 0 Å². The Bertz CT molecular complexity index is 355. The largest absolute Gasteiger partial charge is 0.490 e. The van der Waals surface area contributed by atoms with Crippen LogP contribution in [0.5, 0.6) is 11.5 Å². The summed E-state index contributed by atoms with van der Waals surface area (Å²) < 4.78 is 11.1. The Balaban J connectivity index is 2.51. The number of ether oxygens (including phenoxy) is 2. The first-order valence-corrected chi connectivity index (χ1v) is 7.01. The van der Waals surface area contributed by atoms with Crippen LogP contribution in [0, 0.1) is 0 Å². The highest BCUT2D eigenvalue weighted by atomic mass is 16.5. The van der Waals surface area contributed by atoms with Crippen molar-refractivity contribution in [1.82, 2.24) is 5.32 Å². The number of rotatable bonds is 10. The molecule has 0 bridgehead atoms. The van der Waals surface area contributed by atoms with E-state index in [9.17, 15) is 0 Å². The van der Waals surface area contributed by atoms with Crippen LogP contribution in [0.15, 0.2) is 18.2 Å². The van der Waals surface area contributed by atoms with E-state index in [2.05, 4.69) is 11.4 Å². The van der Waals surface area contributed by atoms with Gasteiger partial charge >= 0.3 is 0 Å². The zero-order valence-corrected chi connectivity index (χ0v) is 11.9. The number of hydrogen-bond donors (Lipinski definition) is 2. The normalized spacial score (nSPS) is 10.5. The number of hydrogen-bond acceptors (Lipinski definition) is 4. The smallest absolute Gasteiger partial charge is 0.161 e. The highest BCUT2D eigenvalue weighted by Gasteiger charge is 2.05. The molecule has 19 heavy (non-hydrogen) atoms. The summed E-state index contributed by atoms with van der Waals surface area (Å²) in [4.78, 5) is 0. The summed E-state index contributed by atoms with van der Waals surface area (Å²) in [6.45, 7) is 7.21. The summed E-state index contributed by atoms with van der Waals surface area (Å²) in [6.07, 6.45) is 1.74.